The largest absolute Gasteiger partial charge is 0.460 e. The van der Waals surface area contributed by atoms with Crippen molar-refractivity contribution in [3.63, 3.8) is 0 Å². The van der Waals surface area contributed by atoms with Crippen molar-refractivity contribution < 1.29 is 34.2 Å². The fourth-order valence-electron chi connectivity index (χ4n) is 9.89. The summed E-state index contributed by atoms with van der Waals surface area (Å²) in [5, 5.41) is 9.45. The predicted octanol–water partition coefficient (Wildman–Crippen LogP) is 55.1. The third-order valence-electron chi connectivity index (χ3n) is 27.4. The van der Waals surface area contributed by atoms with Crippen LogP contribution in [-0.2, 0) is 48.3 Å². The Morgan fingerprint density at radius 2 is 0.725 bits per heavy atom. The van der Waals surface area contributed by atoms with Crippen LogP contribution in [0.15, 0.2) is 97.3 Å². The second-order valence-electron chi connectivity index (χ2n) is 42.5. The maximum atomic E-state index is 11.4. The molecule has 7 heteroatoms. The summed E-state index contributed by atoms with van der Waals surface area (Å²) < 4.78 is 4.87. The van der Waals surface area contributed by atoms with Gasteiger partial charge in [0.15, 0.2) is 0 Å². The highest BCUT2D eigenvalue weighted by Gasteiger charge is 2.30. The van der Waals surface area contributed by atoms with E-state index < -0.39 is 12.1 Å². The van der Waals surface area contributed by atoms with Crippen LogP contribution >= 0.6 is 0 Å². The van der Waals surface area contributed by atoms with Crippen molar-refractivity contribution >= 4 is 5.97 Å². The number of carbonyl (C=O) groups is 1. The second kappa shape index (κ2) is 148. The zero-order valence-electron chi connectivity index (χ0n) is 94.5. The van der Waals surface area contributed by atoms with E-state index >= 15 is 0 Å². The summed E-state index contributed by atoms with van der Waals surface area (Å²) >= 11 is 0. The summed E-state index contributed by atoms with van der Waals surface area (Å²) in [6.07, 6.45) is 37.5. The Morgan fingerprint density at radius 1 is 0.396 bits per heavy atom. The van der Waals surface area contributed by atoms with Gasteiger partial charge in [0, 0.05) is 6.08 Å². The van der Waals surface area contributed by atoms with Crippen LogP contribution in [0, 0.1) is 79.8 Å². The van der Waals surface area contributed by atoms with Crippen LogP contribution in [-0.4, -0.2) is 44.1 Å². The van der Waals surface area contributed by atoms with Crippen molar-refractivity contribution in [3.8, 4) is 0 Å². The molecule has 0 amide bonds. The maximum Gasteiger partial charge on any atom is 0.330 e. The lowest BCUT2D eigenvalue weighted by atomic mass is 9.68. The van der Waals surface area contributed by atoms with Crippen LogP contribution in [0.1, 0.15) is 703 Å². The van der Waals surface area contributed by atoms with Crippen LogP contribution in [0.4, 0.5) is 0 Å². The molecule has 1 aliphatic rings. The molecule has 7 nitrogen and oxygen atoms in total. The fourth-order valence-corrected chi connectivity index (χ4v) is 9.89. The van der Waals surface area contributed by atoms with Gasteiger partial charge in [0.05, 0.1) is 13.7 Å². The molecule has 1 N–H and O–H groups in total. The van der Waals surface area contributed by atoms with Gasteiger partial charge in [-0.1, -0.05) is 704 Å². The lowest BCUT2D eigenvalue weighted by Gasteiger charge is -2.37. The fraction of sp³-hybridized carbons (Fsp3) is 0.838. The summed E-state index contributed by atoms with van der Waals surface area (Å²) in [5.74, 6) is 6.00. The summed E-state index contributed by atoms with van der Waals surface area (Å²) in [4.78, 5) is 29.2. The van der Waals surface area contributed by atoms with E-state index in [4.69, 9.17) is 4.74 Å². The topological polar surface area (TPSA) is 83.5 Å². The van der Waals surface area contributed by atoms with Gasteiger partial charge in [-0.15, -0.1) is 0 Å². The molecular weight excluding hydrogens is 1820 g/mol. The molecule has 0 bridgehead atoms. The highest BCUT2D eigenvalue weighted by atomic mass is 17.2. The predicted molar refractivity (Wildman–Crippen MR) is 732 cm³/mol. The quantitative estimate of drug-likeness (QED) is 0.0204. The van der Waals surface area contributed by atoms with Gasteiger partial charge in [-0.2, -0.15) is 4.89 Å². The number of rotatable bonds is 36. The Hall–Kier alpha value is -3.75. The Bertz CT molecular complexity index is 2690. The van der Waals surface area contributed by atoms with Gasteiger partial charge >= 0.3 is 5.97 Å². The van der Waals surface area contributed by atoms with Gasteiger partial charge in [-0.3, -0.25) is 0 Å². The highest BCUT2D eigenvalue weighted by Crippen LogP contribution is 2.41. The van der Waals surface area contributed by atoms with E-state index in [-0.39, 0.29) is 197 Å². The number of esters is 1. The van der Waals surface area contributed by atoms with Crippen molar-refractivity contribution in [2.75, 3.05) is 26.9 Å². The van der Waals surface area contributed by atoms with Gasteiger partial charge in [0.1, 0.15) is 25.1 Å². The minimum absolute atomic E-state index is 0. The molecule has 0 spiro atoms. The average molecular weight is 2150 g/mol. The Labute approximate surface area is 966 Å². The molecule has 3 aromatic rings. The number of hydrogen-bond acceptors (Lipinski definition) is 7. The van der Waals surface area contributed by atoms with Gasteiger partial charge < -0.3 is 14.7 Å². The minimum atomic E-state index is -0.934. The van der Waals surface area contributed by atoms with Crippen LogP contribution in [0.2, 0.25) is 0 Å². The first-order valence-electron chi connectivity index (χ1n) is 51.7. The molecule has 1 saturated carbocycles. The smallest absolute Gasteiger partial charge is 0.330 e. The number of aliphatic hydroxyl groups is 1. The monoisotopic (exact) mass is 2150 g/mol. The molecule has 4 rings (SSSR count). The van der Waals surface area contributed by atoms with E-state index in [1.165, 1.54) is 201 Å². The SMILES string of the molecule is C.C.C.C.C.C.C.C.C.C.C.C.C.C.C.C.C.C.C.C.C.C.C.C.C=C(C)OOCC(O)COC(=O)/C=C/C(C)(C)CC.CCC.CCC(C)(C)C(C)(C)C.CCC(C)(C)CC.CCC(C)(C)CC.CCC(C)(C)CC.CCC(C)(C)CC1CCCCC1.CCC(C)C(C)C.CCC(C)CC.CCC(C)CC.CCC(C)c1ccccc1.CCOOC.CCc1cc(CC(C)(C)CC)ccc1C.CCc1ccc(C(C)CC)cc1. The average Bonchev–Trinajstić information content (AvgIpc) is 0.859. The molecule has 1 aliphatic carbocycles. The third-order valence-corrected chi connectivity index (χ3v) is 27.4. The molecule has 4 atom stereocenters. The number of allylic oxidation sites excluding steroid dienone is 2. The van der Waals surface area contributed by atoms with Crippen LogP contribution in [0.5, 0.6) is 0 Å². The molecule has 0 heterocycles. The maximum absolute atomic E-state index is 11.4. The number of aryl methyl sites for hydroxylation is 3. The summed E-state index contributed by atoms with van der Waals surface area (Å²) in [6, 6.07) is 26.6. The standard InChI is InChI=1S/C15H24.C14H24O5.C12H24.C12H18.C10H14.C9H20.4C7H16.2C6H14.C3H8O2.C3H8.24CH4/c1-6-14-10-13(9-8-12(14)3)11-15(4,5)7-2;1-6-14(4,5)8-7-13(16)17-9-12(15)10-18-19-11(2)3;1-4-12(2,3)10-11-8-6-5-7-9-11;1-4-10(3)12-8-6-11(5-2)7-9-12;1-3-9(2)10-7-5-4-6-8-10;1-7-9(5,6)8(2,3)4;3*1-5-7(3,4)6-2;1-5-7(4)6(2)3;2*1-4-6(3)5-2;1-3-5-4-2;1-3-2;;;;;;;;;;;;;;;;;;;;;;;;/h8-10H,6-7,11H2,1-5H3;7-8,12,15H,2,6,9-10H2,1,3-5H3;11H,4-10H2,1-3H3;6-10H,4-5H2,1-3H3;4-9H,3H2,1-2H3;7H2,1-6H3;3*5-6H2,1-4H3;6-7H,5H2,1-4H3;2*6H,4-5H2,1-3H3;3H2,1-2H3;3H2,1-2H3;24*1H4/b;8-7+;;;;;;;;;;;;;;;;;;;;;;;;;;;;;;;;;;;;. The molecule has 938 valence electrons. The van der Waals surface area contributed by atoms with Crippen molar-refractivity contribution in [3.05, 3.63) is 131 Å². The van der Waals surface area contributed by atoms with E-state index in [0.717, 1.165) is 48.9 Å². The molecule has 3 aromatic carbocycles. The van der Waals surface area contributed by atoms with Crippen LogP contribution in [0.3, 0.4) is 0 Å². The Morgan fingerprint density at radius 3 is 0.946 bits per heavy atom. The first kappa shape index (κ1) is 244. The summed E-state index contributed by atoms with van der Waals surface area (Å²) in [5.41, 5.74) is 12.4. The zero-order valence-corrected chi connectivity index (χ0v) is 94.5. The number of hydrogen-bond donors (Lipinski definition) is 1. The summed E-state index contributed by atoms with van der Waals surface area (Å²) in [7, 11) is 1.49. The van der Waals surface area contributed by atoms with Crippen molar-refractivity contribution in [2.24, 2.45) is 72.9 Å². The number of benzene rings is 3. The molecule has 4 unspecified atom stereocenters. The summed E-state index contributed by atoms with van der Waals surface area (Å²) in [6.45, 7) is 111. The van der Waals surface area contributed by atoms with E-state index in [1.807, 2.05) is 27.7 Å². The van der Waals surface area contributed by atoms with Gasteiger partial charge in [0.25, 0.3) is 0 Å². The Kier molecular flexibility index (Phi) is 243. The normalized spacial score (nSPS) is 11.0. The van der Waals surface area contributed by atoms with Crippen molar-refractivity contribution in [1.82, 2.24) is 0 Å². The van der Waals surface area contributed by atoms with Gasteiger partial charge in [-0.05, 0) is 184 Å². The van der Waals surface area contributed by atoms with Crippen LogP contribution < -0.4 is 0 Å². The third kappa shape index (κ3) is 164. The first-order chi connectivity index (χ1) is 57.8. The van der Waals surface area contributed by atoms with Crippen LogP contribution in [0.25, 0.3) is 0 Å². The first-order valence-corrected chi connectivity index (χ1v) is 51.7. The molecule has 0 saturated heterocycles. The number of aliphatic hydroxyl groups excluding tert-OH is 1. The highest BCUT2D eigenvalue weighted by molar-refractivity contribution is 5.82. The van der Waals surface area contributed by atoms with Gasteiger partial charge in [-0.25, -0.2) is 14.6 Å². The molecule has 0 aliphatic heterocycles. The number of carbonyl (C=O) groups excluding carboxylic acids is 1. The molecule has 0 radical (unpaired) electrons. The van der Waals surface area contributed by atoms with E-state index in [9.17, 15) is 9.90 Å². The molecule has 0 aromatic heterocycles. The molecular formula is C142H328O7. The lowest BCUT2D eigenvalue weighted by molar-refractivity contribution is -0.275. The molecule has 1 fully saturated rings. The zero-order chi connectivity index (χ0) is 99.9. The second-order valence-corrected chi connectivity index (χ2v) is 42.5. The number of ether oxygens (including phenoxy) is 1. The Balaban J connectivity index is -0.0000000300. The lowest BCUT2D eigenvalue weighted by Crippen LogP contribution is -2.28. The minimum Gasteiger partial charge on any atom is -0.460 e. The van der Waals surface area contributed by atoms with Gasteiger partial charge in [0.2, 0.25) is 0 Å². The van der Waals surface area contributed by atoms with E-state index in [1.54, 1.807) is 13.0 Å². The van der Waals surface area contributed by atoms with E-state index in [0.29, 0.717) is 62.1 Å². The van der Waals surface area contributed by atoms with Crippen molar-refractivity contribution in [2.45, 2.75) is 702 Å². The van der Waals surface area contributed by atoms with Crippen molar-refractivity contribution in [1.29, 1.82) is 0 Å². The van der Waals surface area contributed by atoms with E-state index in [2.05, 4.69) is 397 Å². The molecule has 149 heavy (non-hydrogen) atoms.